The molecular formula is C17H27N2O. The first-order valence-electron chi connectivity index (χ1n) is 6.71. The molecule has 0 aliphatic rings. The molecule has 0 saturated heterocycles. The number of rotatable bonds is 5. The van der Waals surface area contributed by atoms with Crippen LogP contribution in [0.2, 0.25) is 0 Å². The van der Waals surface area contributed by atoms with Crippen molar-refractivity contribution in [1.82, 2.24) is 10.2 Å². The molecule has 3 nitrogen and oxygen atoms in total. The number of allylic oxidation sites excluding steroid dienone is 1. The Morgan fingerprint density at radius 1 is 1.40 bits per heavy atom. The second-order valence-electron chi connectivity index (χ2n) is 5.34. The standard InChI is InChI=1S/C17H24N2O.H2.H/c1-12(2)14(4)16-11-15(8-7-13(16)3)17(20)18-9-10-19(5)6;;/h7-8,11H,1,3,9-10H2,2,4-6H3,(H,18,20);1H;/b16-14-;;. The zero-order valence-corrected chi connectivity index (χ0v) is 12.9. The molecule has 20 heavy (non-hydrogen) atoms. The molecule has 1 aromatic rings. The smallest absolute Gasteiger partial charge is 0.251 e. The van der Waals surface area contributed by atoms with Crippen molar-refractivity contribution in [3.63, 3.8) is 0 Å². The molecule has 3 heteroatoms. The molecule has 0 saturated carbocycles. The highest BCUT2D eigenvalue weighted by Crippen LogP contribution is 2.03. The summed E-state index contributed by atoms with van der Waals surface area (Å²) >= 11 is 0. The van der Waals surface area contributed by atoms with Crippen LogP contribution in [-0.4, -0.2) is 38.0 Å². The van der Waals surface area contributed by atoms with Gasteiger partial charge in [-0.05, 0) is 56.1 Å². The van der Waals surface area contributed by atoms with Crippen LogP contribution in [0.15, 0.2) is 30.4 Å². The second kappa shape index (κ2) is 7.06. The molecule has 0 aromatic heterocycles. The third kappa shape index (κ3) is 4.35. The average Bonchev–Trinajstić information content (AvgIpc) is 2.37. The predicted octanol–water partition coefficient (Wildman–Crippen LogP) is 1.49. The van der Waals surface area contributed by atoms with Gasteiger partial charge in [0.1, 0.15) is 0 Å². The largest absolute Gasteiger partial charge is 0.351 e. The maximum Gasteiger partial charge on any atom is 0.251 e. The molecule has 1 amide bonds. The Hall–Kier alpha value is -1.87. The summed E-state index contributed by atoms with van der Waals surface area (Å²) in [7, 11) is 3.96. The van der Waals surface area contributed by atoms with Crippen LogP contribution >= 0.6 is 0 Å². The molecule has 111 valence electrons. The number of nitrogens with one attached hydrogen (secondary N) is 1. The van der Waals surface area contributed by atoms with E-state index in [2.05, 4.69) is 18.5 Å². The van der Waals surface area contributed by atoms with E-state index >= 15 is 0 Å². The summed E-state index contributed by atoms with van der Waals surface area (Å²) in [6.07, 6.45) is 0. The van der Waals surface area contributed by atoms with Crippen molar-refractivity contribution in [3.05, 3.63) is 46.4 Å². The lowest BCUT2D eigenvalue weighted by Crippen LogP contribution is -2.33. The van der Waals surface area contributed by atoms with Gasteiger partial charge in [-0.3, -0.25) is 4.79 Å². The van der Waals surface area contributed by atoms with Gasteiger partial charge in [-0.25, -0.2) is 0 Å². The van der Waals surface area contributed by atoms with Crippen LogP contribution in [0.5, 0.6) is 0 Å². The van der Waals surface area contributed by atoms with E-state index in [1.54, 1.807) is 0 Å². The van der Waals surface area contributed by atoms with Crippen LogP contribution < -0.4 is 15.8 Å². The van der Waals surface area contributed by atoms with Gasteiger partial charge in [-0.15, -0.1) is 0 Å². The number of nitrogens with zero attached hydrogens (tertiary/aromatic N) is 1. The topological polar surface area (TPSA) is 32.3 Å². The maximum atomic E-state index is 12.1. The number of hydrogen-bond donors (Lipinski definition) is 1. The van der Waals surface area contributed by atoms with Gasteiger partial charge in [0.25, 0.3) is 5.91 Å². The van der Waals surface area contributed by atoms with E-state index in [-0.39, 0.29) is 8.76 Å². The van der Waals surface area contributed by atoms with E-state index in [0.29, 0.717) is 12.1 Å². The lowest BCUT2D eigenvalue weighted by molar-refractivity contribution is 0.0951. The van der Waals surface area contributed by atoms with Crippen molar-refractivity contribution in [2.24, 2.45) is 0 Å². The first-order valence-corrected chi connectivity index (χ1v) is 6.71. The highest BCUT2D eigenvalue weighted by atomic mass is 16.1. The molecule has 1 radical (unpaired) electrons. The van der Waals surface area contributed by atoms with E-state index in [9.17, 15) is 4.79 Å². The normalized spacial score (nSPS) is 12.2. The van der Waals surface area contributed by atoms with Crippen molar-refractivity contribution in [1.29, 1.82) is 0 Å². The molecule has 0 aliphatic heterocycles. The average molecular weight is 275 g/mol. The monoisotopic (exact) mass is 275 g/mol. The fourth-order valence-electron chi connectivity index (χ4n) is 1.79. The second-order valence-corrected chi connectivity index (χ2v) is 5.34. The predicted molar refractivity (Wildman–Crippen MR) is 89.2 cm³/mol. The van der Waals surface area contributed by atoms with Crippen LogP contribution in [0.4, 0.5) is 0 Å². The Morgan fingerprint density at radius 3 is 2.60 bits per heavy atom. The zero-order valence-electron chi connectivity index (χ0n) is 13.9. The van der Waals surface area contributed by atoms with Gasteiger partial charge in [0.15, 0.2) is 0 Å². The van der Waals surface area contributed by atoms with Gasteiger partial charge in [-0.2, -0.15) is 0 Å². The van der Waals surface area contributed by atoms with Crippen LogP contribution in [-0.2, 0) is 0 Å². The maximum absolute atomic E-state index is 12.1. The van der Waals surface area contributed by atoms with Crippen molar-refractivity contribution in [2.75, 3.05) is 27.2 Å². The molecule has 1 rings (SSSR count). The third-order valence-corrected chi connectivity index (χ3v) is 3.26. The van der Waals surface area contributed by atoms with E-state index in [0.717, 1.165) is 28.1 Å². The molecule has 1 N–H and O–H groups in total. The fourth-order valence-corrected chi connectivity index (χ4v) is 1.79. The molecule has 0 fully saturated rings. The quantitative estimate of drug-likeness (QED) is 0.883. The minimum atomic E-state index is -0.0531. The Morgan fingerprint density at radius 2 is 2.05 bits per heavy atom. The Labute approximate surface area is 124 Å². The first kappa shape index (κ1) is 16.2. The minimum absolute atomic E-state index is 0. The molecule has 0 unspecified atom stereocenters. The van der Waals surface area contributed by atoms with Crippen molar-refractivity contribution < 1.29 is 7.65 Å². The number of carbonyl (C=O) groups is 1. The highest BCUT2D eigenvalue weighted by Gasteiger charge is 2.05. The summed E-state index contributed by atoms with van der Waals surface area (Å²) in [4.78, 5) is 14.1. The number of amides is 1. The van der Waals surface area contributed by atoms with Gasteiger partial charge >= 0.3 is 0 Å². The van der Waals surface area contributed by atoms with Crippen molar-refractivity contribution >= 4 is 18.1 Å². The summed E-state index contributed by atoms with van der Waals surface area (Å²) in [6, 6.07) is 5.57. The van der Waals surface area contributed by atoms with Crippen LogP contribution in [0.25, 0.3) is 12.2 Å². The summed E-state index contributed by atoms with van der Waals surface area (Å²) in [5, 5.41) is 4.81. The summed E-state index contributed by atoms with van der Waals surface area (Å²) < 4.78 is 0. The number of carbonyl (C=O) groups excluding carboxylic acids is 1. The van der Waals surface area contributed by atoms with Crippen LogP contribution in [0.3, 0.4) is 0 Å². The van der Waals surface area contributed by atoms with Gasteiger partial charge in [0.05, 0.1) is 0 Å². The molecule has 0 heterocycles. The van der Waals surface area contributed by atoms with Crippen molar-refractivity contribution in [2.45, 2.75) is 13.8 Å². The Kier molecular flexibility index (Phi) is 5.71. The van der Waals surface area contributed by atoms with Gasteiger partial charge in [0, 0.05) is 21.5 Å². The summed E-state index contributed by atoms with van der Waals surface area (Å²) in [5.74, 6) is -0.0531. The summed E-state index contributed by atoms with van der Waals surface area (Å²) in [5.41, 5.74) is 2.71. The van der Waals surface area contributed by atoms with Crippen LogP contribution in [0.1, 0.15) is 27.1 Å². The Balaban J connectivity index is 0. The molecule has 0 spiro atoms. The third-order valence-electron chi connectivity index (χ3n) is 3.26. The van der Waals surface area contributed by atoms with E-state index < -0.39 is 0 Å². The van der Waals surface area contributed by atoms with Crippen LogP contribution in [0, 0.1) is 0 Å². The fraction of sp³-hybridized carbons (Fsp3) is 0.353. The number of hydrogen-bond acceptors (Lipinski definition) is 2. The highest BCUT2D eigenvalue weighted by molar-refractivity contribution is 5.94. The zero-order chi connectivity index (χ0) is 15.3. The van der Waals surface area contributed by atoms with Crippen molar-refractivity contribution in [3.8, 4) is 0 Å². The minimum Gasteiger partial charge on any atom is -0.351 e. The lowest BCUT2D eigenvalue weighted by Gasteiger charge is -2.10. The first-order chi connectivity index (χ1) is 9.32. The lowest BCUT2D eigenvalue weighted by atomic mass is 10.0. The van der Waals surface area contributed by atoms with Gasteiger partial charge in [0.2, 0.25) is 0 Å². The van der Waals surface area contributed by atoms with E-state index in [1.807, 2.05) is 51.0 Å². The van der Waals surface area contributed by atoms with Gasteiger partial charge in [-0.1, -0.05) is 24.8 Å². The number of benzene rings is 1. The molecule has 0 atom stereocenters. The Bertz CT molecular complexity index is 624. The van der Waals surface area contributed by atoms with E-state index in [4.69, 9.17) is 0 Å². The summed E-state index contributed by atoms with van der Waals surface area (Å²) in [6.45, 7) is 13.4. The van der Waals surface area contributed by atoms with E-state index in [1.165, 1.54) is 0 Å². The molecule has 0 bridgehead atoms. The molecule has 1 aromatic carbocycles. The molecule has 0 aliphatic carbocycles. The molecular weight excluding hydrogens is 248 g/mol. The number of likely N-dealkylation sites (N-methyl/N-ethyl adjacent to an activating group) is 1. The SMILES string of the molecule is C=C(C)/C(C)=c1/cc(C(=O)NCCN(C)C)ccc1=C.[HH].[H]. The van der Waals surface area contributed by atoms with Gasteiger partial charge < -0.3 is 10.2 Å².